The van der Waals surface area contributed by atoms with Crippen molar-refractivity contribution in [1.29, 1.82) is 0 Å². The van der Waals surface area contributed by atoms with Crippen LogP contribution >= 0.6 is 15.9 Å². The molecule has 6 heteroatoms. The van der Waals surface area contributed by atoms with Crippen LogP contribution in [0.1, 0.15) is 16.8 Å². The Balaban J connectivity index is 2.11. The lowest BCUT2D eigenvalue weighted by Crippen LogP contribution is -2.34. The van der Waals surface area contributed by atoms with Crippen LogP contribution in [0.2, 0.25) is 0 Å². The molecule has 1 fully saturated rings. The molecule has 2 amide bonds. The van der Waals surface area contributed by atoms with Gasteiger partial charge in [0.15, 0.2) is 0 Å². The average molecular weight is 298 g/mol. The van der Waals surface area contributed by atoms with Gasteiger partial charge in [0.1, 0.15) is 0 Å². The fourth-order valence-electron chi connectivity index (χ4n) is 1.68. The van der Waals surface area contributed by atoms with E-state index in [1.165, 1.54) is 6.20 Å². The molecule has 0 spiro atoms. The molecule has 1 saturated heterocycles. The molecule has 2 heterocycles. The smallest absolute Gasteiger partial charge is 0.255 e. The van der Waals surface area contributed by atoms with E-state index in [2.05, 4.69) is 26.2 Å². The normalized spacial score (nSPS) is 16.3. The largest absolute Gasteiger partial charge is 0.354 e. The molecule has 1 N–H and O–H groups in total. The van der Waals surface area contributed by atoms with Crippen molar-refractivity contribution < 1.29 is 9.59 Å². The summed E-state index contributed by atoms with van der Waals surface area (Å²) in [6.07, 6.45) is 3.52. The molecule has 17 heavy (non-hydrogen) atoms. The second kappa shape index (κ2) is 5.27. The van der Waals surface area contributed by atoms with Gasteiger partial charge in [0.2, 0.25) is 5.91 Å². The molecule has 0 aromatic carbocycles. The minimum Gasteiger partial charge on any atom is -0.354 e. The molecule has 1 aromatic heterocycles. The Kier molecular flexibility index (Phi) is 3.73. The van der Waals surface area contributed by atoms with Gasteiger partial charge in [0.05, 0.1) is 5.56 Å². The van der Waals surface area contributed by atoms with Gasteiger partial charge in [0, 0.05) is 42.9 Å². The Morgan fingerprint density at radius 3 is 3.00 bits per heavy atom. The number of carbonyl (C=O) groups excluding carboxylic acids is 2. The van der Waals surface area contributed by atoms with Crippen molar-refractivity contribution >= 4 is 27.7 Å². The summed E-state index contributed by atoms with van der Waals surface area (Å²) in [5.41, 5.74) is 0.536. The summed E-state index contributed by atoms with van der Waals surface area (Å²) in [7, 11) is 0. The van der Waals surface area contributed by atoms with Crippen LogP contribution < -0.4 is 5.32 Å². The summed E-state index contributed by atoms with van der Waals surface area (Å²) in [4.78, 5) is 28.9. The number of hydrogen-bond donors (Lipinski definition) is 1. The van der Waals surface area contributed by atoms with E-state index in [1.54, 1.807) is 17.2 Å². The molecule has 90 valence electrons. The standard InChI is InChI=1S/C11H12BrN3O2/c12-9-5-8(6-13-7-9)11(17)15-3-1-10(16)14-2-4-15/h5-7H,1-4H2,(H,14,16). The first kappa shape index (κ1) is 12.0. The number of nitrogens with one attached hydrogen (secondary N) is 1. The van der Waals surface area contributed by atoms with Crippen LogP contribution in [-0.2, 0) is 4.79 Å². The third-order valence-electron chi connectivity index (χ3n) is 2.55. The molecule has 0 bridgehead atoms. The van der Waals surface area contributed by atoms with Crippen molar-refractivity contribution in [2.45, 2.75) is 6.42 Å². The quantitative estimate of drug-likeness (QED) is 0.834. The van der Waals surface area contributed by atoms with Crippen LogP contribution in [0, 0.1) is 0 Å². The van der Waals surface area contributed by atoms with Crippen LogP contribution in [0.15, 0.2) is 22.9 Å². The Labute approximate surface area is 107 Å². The van der Waals surface area contributed by atoms with Gasteiger partial charge in [-0.15, -0.1) is 0 Å². The topological polar surface area (TPSA) is 62.3 Å². The SMILES string of the molecule is O=C1CCN(C(=O)c2cncc(Br)c2)CCN1. The maximum Gasteiger partial charge on any atom is 0.255 e. The van der Waals surface area contributed by atoms with Gasteiger partial charge in [-0.1, -0.05) is 0 Å². The van der Waals surface area contributed by atoms with Crippen LogP contribution in [0.5, 0.6) is 0 Å². The Morgan fingerprint density at radius 1 is 1.41 bits per heavy atom. The second-order valence-corrected chi connectivity index (χ2v) is 4.70. The molecule has 5 nitrogen and oxygen atoms in total. The fraction of sp³-hybridized carbons (Fsp3) is 0.364. The minimum atomic E-state index is -0.0877. The number of nitrogens with zero attached hydrogens (tertiary/aromatic N) is 2. The van der Waals surface area contributed by atoms with Crippen molar-refractivity contribution in [3.05, 3.63) is 28.5 Å². The third kappa shape index (κ3) is 3.03. The van der Waals surface area contributed by atoms with Crippen LogP contribution in [0.4, 0.5) is 0 Å². The van der Waals surface area contributed by atoms with E-state index in [4.69, 9.17) is 0 Å². The summed E-state index contributed by atoms with van der Waals surface area (Å²) < 4.78 is 0.771. The fourth-order valence-corrected chi connectivity index (χ4v) is 2.05. The Morgan fingerprint density at radius 2 is 2.24 bits per heavy atom. The maximum atomic E-state index is 12.1. The highest BCUT2D eigenvalue weighted by atomic mass is 79.9. The number of aromatic nitrogens is 1. The van der Waals surface area contributed by atoms with Crippen molar-refractivity contribution in [1.82, 2.24) is 15.2 Å². The van der Waals surface area contributed by atoms with Crippen LogP contribution in [0.3, 0.4) is 0 Å². The first-order chi connectivity index (χ1) is 8.16. The Bertz CT molecular complexity index is 450. The van der Waals surface area contributed by atoms with Crippen LogP contribution in [-0.4, -0.2) is 41.3 Å². The zero-order valence-electron chi connectivity index (χ0n) is 9.15. The summed E-state index contributed by atoms with van der Waals surface area (Å²) in [6, 6.07) is 1.73. The highest BCUT2D eigenvalue weighted by Gasteiger charge is 2.19. The summed E-state index contributed by atoms with van der Waals surface area (Å²) in [5.74, 6) is -0.0945. The van der Waals surface area contributed by atoms with E-state index in [0.717, 1.165) is 4.47 Å². The molecule has 0 radical (unpaired) electrons. The summed E-state index contributed by atoms with van der Waals surface area (Å²) in [6.45, 7) is 1.50. The van der Waals surface area contributed by atoms with E-state index in [-0.39, 0.29) is 11.8 Å². The van der Waals surface area contributed by atoms with Gasteiger partial charge < -0.3 is 10.2 Å². The van der Waals surface area contributed by atoms with Gasteiger partial charge >= 0.3 is 0 Å². The van der Waals surface area contributed by atoms with Crippen molar-refractivity contribution in [3.8, 4) is 0 Å². The van der Waals surface area contributed by atoms with Gasteiger partial charge in [-0.3, -0.25) is 14.6 Å². The van der Waals surface area contributed by atoms with E-state index >= 15 is 0 Å². The maximum absolute atomic E-state index is 12.1. The molecule has 0 aliphatic carbocycles. The monoisotopic (exact) mass is 297 g/mol. The number of pyridine rings is 1. The Hall–Kier alpha value is -1.43. The molecular weight excluding hydrogens is 286 g/mol. The lowest BCUT2D eigenvalue weighted by Gasteiger charge is -2.19. The average Bonchev–Trinajstić information content (AvgIpc) is 2.53. The summed E-state index contributed by atoms with van der Waals surface area (Å²) in [5, 5.41) is 2.73. The van der Waals surface area contributed by atoms with Crippen molar-refractivity contribution in [2.75, 3.05) is 19.6 Å². The zero-order chi connectivity index (χ0) is 12.3. The van der Waals surface area contributed by atoms with E-state index in [0.29, 0.717) is 31.6 Å². The number of rotatable bonds is 1. The van der Waals surface area contributed by atoms with E-state index in [9.17, 15) is 9.59 Å². The molecule has 2 rings (SSSR count). The number of carbonyl (C=O) groups is 2. The molecule has 0 atom stereocenters. The zero-order valence-corrected chi connectivity index (χ0v) is 10.7. The molecule has 1 aliphatic rings. The van der Waals surface area contributed by atoms with Crippen molar-refractivity contribution in [2.24, 2.45) is 0 Å². The molecule has 0 saturated carbocycles. The third-order valence-corrected chi connectivity index (χ3v) is 2.99. The lowest BCUT2D eigenvalue weighted by molar-refractivity contribution is -0.120. The second-order valence-electron chi connectivity index (χ2n) is 3.78. The lowest BCUT2D eigenvalue weighted by atomic mass is 10.2. The van der Waals surface area contributed by atoms with Gasteiger partial charge in [-0.05, 0) is 22.0 Å². The summed E-state index contributed by atoms with van der Waals surface area (Å²) >= 11 is 3.28. The van der Waals surface area contributed by atoms with Gasteiger partial charge in [0.25, 0.3) is 5.91 Å². The predicted octanol–water partition coefficient (Wildman–Crippen LogP) is 0.806. The van der Waals surface area contributed by atoms with Gasteiger partial charge in [-0.25, -0.2) is 0 Å². The predicted molar refractivity (Wildman–Crippen MR) is 65.5 cm³/mol. The van der Waals surface area contributed by atoms with Crippen molar-refractivity contribution in [3.63, 3.8) is 0 Å². The molecule has 0 unspecified atom stereocenters. The van der Waals surface area contributed by atoms with Gasteiger partial charge in [-0.2, -0.15) is 0 Å². The van der Waals surface area contributed by atoms with Crippen LogP contribution in [0.25, 0.3) is 0 Å². The highest BCUT2D eigenvalue weighted by Crippen LogP contribution is 2.12. The number of amides is 2. The molecular formula is C11H12BrN3O2. The minimum absolute atomic E-state index is 0.00679. The van der Waals surface area contributed by atoms with E-state index in [1.807, 2.05) is 0 Å². The highest BCUT2D eigenvalue weighted by molar-refractivity contribution is 9.10. The first-order valence-electron chi connectivity index (χ1n) is 5.33. The molecule has 1 aliphatic heterocycles. The molecule has 1 aromatic rings. The first-order valence-corrected chi connectivity index (χ1v) is 6.12. The van der Waals surface area contributed by atoms with E-state index < -0.39 is 0 Å². The number of hydrogen-bond acceptors (Lipinski definition) is 3. The number of halogens is 1.